The maximum atomic E-state index is 11.9. The molecule has 23 heavy (non-hydrogen) atoms. The van der Waals surface area contributed by atoms with Crippen LogP contribution in [0.2, 0.25) is 10.0 Å². The van der Waals surface area contributed by atoms with Crippen LogP contribution in [0.4, 0.5) is 11.4 Å². The maximum absolute atomic E-state index is 11.9. The normalized spacial score (nSPS) is 11.1. The lowest BCUT2D eigenvalue weighted by molar-refractivity contribution is -0.114. The summed E-state index contributed by atoms with van der Waals surface area (Å²) in [5, 5.41) is 6.10. The fraction of sp³-hybridized carbons (Fsp3) is 0.133. The molecule has 122 valence electrons. The molecule has 5 nitrogen and oxygen atoms in total. The van der Waals surface area contributed by atoms with Gasteiger partial charge in [-0.2, -0.15) is 0 Å². The summed E-state index contributed by atoms with van der Waals surface area (Å²) in [4.78, 5) is 12.1. The van der Waals surface area contributed by atoms with Gasteiger partial charge < -0.3 is 10.6 Å². The molecule has 1 amide bonds. The van der Waals surface area contributed by atoms with Gasteiger partial charge in [-0.3, -0.25) is 4.79 Å². The predicted molar refractivity (Wildman–Crippen MR) is 93.1 cm³/mol. The summed E-state index contributed by atoms with van der Waals surface area (Å²) in [5.74, 6) is -0.334. The number of anilines is 2. The van der Waals surface area contributed by atoms with E-state index in [-0.39, 0.29) is 22.4 Å². The van der Waals surface area contributed by atoms with Crippen LogP contribution in [0.1, 0.15) is 0 Å². The van der Waals surface area contributed by atoms with Crippen molar-refractivity contribution in [3.05, 3.63) is 52.5 Å². The van der Waals surface area contributed by atoms with Crippen LogP contribution in [0.5, 0.6) is 0 Å². The van der Waals surface area contributed by atoms with Gasteiger partial charge in [0, 0.05) is 11.9 Å². The molecular formula is C15H14Cl2N2O3S. The molecule has 0 fully saturated rings. The molecule has 0 spiro atoms. The van der Waals surface area contributed by atoms with Gasteiger partial charge in [-0.1, -0.05) is 35.3 Å². The average molecular weight is 373 g/mol. The Hall–Kier alpha value is -1.76. The van der Waals surface area contributed by atoms with Gasteiger partial charge in [0.1, 0.15) is 0 Å². The third-order valence-corrected chi connectivity index (χ3v) is 4.87. The predicted octanol–water partition coefficient (Wildman–Crippen LogP) is 3.45. The molecule has 0 saturated heterocycles. The summed E-state index contributed by atoms with van der Waals surface area (Å²) in [6.45, 7) is -0.0456. The molecule has 2 aromatic carbocycles. The summed E-state index contributed by atoms with van der Waals surface area (Å²) < 4.78 is 23.0. The molecule has 0 aliphatic rings. The molecule has 2 rings (SSSR count). The Balaban J connectivity index is 2.01. The van der Waals surface area contributed by atoms with Crippen LogP contribution in [0.25, 0.3) is 0 Å². The van der Waals surface area contributed by atoms with Gasteiger partial charge in [0.15, 0.2) is 9.84 Å². The van der Waals surface area contributed by atoms with Crippen molar-refractivity contribution in [1.82, 2.24) is 0 Å². The zero-order valence-corrected chi connectivity index (χ0v) is 14.5. The summed E-state index contributed by atoms with van der Waals surface area (Å²) in [6, 6.07) is 11.2. The minimum absolute atomic E-state index is 0.0456. The second kappa shape index (κ2) is 7.21. The highest BCUT2D eigenvalue weighted by molar-refractivity contribution is 7.90. The smallest absolute Gasteiger partial charge is 0.243 e. The van der Waals surface area contributed by atoms with Crippen molar-refractivity contribution >= 4 is 50.3 Å². The fourth-order valence-corrected chi connectivity index (χ4v) is 2.83. The summed E-state index contributed by atoms with van der Waals surface area (Å²) in [6.07, 6.45) is 1.12. The molecule has 2 aromatic rings. The van der Waals surface area contributed by atoms with Crippen molar-refractivity contribution in [1.29, 1.82) is 0 Å². The largest absolute Gasteiger partial charge is 0.376 e. The number of benzene rings is 2. The lowest BCUT2D eigenvalue weighted by Crippen LogP contribution is -2.22. The van der Waals surface area contributed by atoms with E-state index in [0.29, 0.717) is 16.4 Å². The minimum atomic E-state index is -3.30. The Morgan fingerprint density at radius 3 is 2.52 bits per heavy atom. The first-order valence-electron chi connectivity index (χ1n) is 6.55. The van der Waals surface area contributed by atoms with Crippen molar-refractivity contribution < 1.29 is 13.2 Å². The Morgan fingerprint density at radius 2 is 1.83 bits per heavy atom. The van der Waals surface area contributed by atoms with Crippen LogP contribution in [-0.2, 0) is 14.6 Å². The summed E-state index contributed by atoms with van der Waals surface area (Å²) in [5.41, 5.74) is 0.941. The molecule has 0 saturated carbocycles. The third kappa shape index (κ3) is 4.86. The van der Waals surface area contributed by atoms with E-state index in [4.69, 9.17) is 23.2 Å². The fourth-order valence-electron chi connectivity index (χ4n) is 1.81. The molecule has 2 N–H and O–H groups in total. The lowest BCUT2D eigenvalue weighted by atomic mass is 10.3. The number of carbonyl (C=O) groups is 1. The zero-order chi connectivity index (χ0) is 17.0. The lowest BCUT2D eigenvalue weighted by Gasteiger charge is -2.10. The monoisotopic (exact) mass is 372 g/mol. The number of amides is 1. The van der Waals surface area contributed by atoms with E-state index in [1.54, 1.807) is 30.3 Å². The molecule has 0 unspecified atom stereocenters. The number of hydrogen-bond acceptors (Lipinski definition) is 4. The number of nitrogens with one attached hydrogen (secondary N) is 2. The van der Waals surface area contributed by atoms with Crippen molar-refractivity contribution in [3.8, 4) is 0 Å². The van der Waals surface area contributed by atoms with E-state index < -0.39 is 9.84 Å². The highest BCUT2D eigenvalue weighted by Gasteiger charge is 2.10. The first-order chi connectivity index (χ1) is 10.8. The minimum Gasteiger partial charge on any atom is -0.376 e. The van der Waals surface area contributed by atoms with Crippen LogP contribution in [0.15, 0.2) is 47.4 Å². The number of rotatable bonds is 5. The van der Waals surface area contributed by atoms with Crippen molar-refractivity contribution in [2.24, 2.45) is 0 Å². The number of carbonyl (C=O) groups excluding carboxylic acids is 1. The maximum Gasteiger partial charge on any atom is 0.243 e. The van der Waals surface area contributed by atoms with Gasteiger partial charge in [-0.15, -0.1) is 0 Å². The third-order valence-electron chi connectivity index (χ3n) is 2.94. The summed E-state index contributed by atoms with van der Waals surface area (Å²) >= 11 is 11.9. The Bertz CT molecular complexity index is 838. The number of halogens is 2. The SMILES string of the molecule is CS(=O)(=O)c1cccc(NCC(=O)Nc2cccc(Cl)c2Cl)c1. The van der Waals surface area contributed by atoms with E-state index in [1.165, 1.54) is 12.1 Å². The molecular weight excluding hydrogens is 359 g/mol. The quantitative estimate of drug-likeness (QED) is 0.842. The first kappa shape index (κ1) is 17.6. The Labute approximate surface area is 144 Å². The molecule has 0 atom stereocenters. The highest BCUT2D eigenvalue weighted by atomic mass is 35.5. The van der Waals surface area contributed by atoms with Gasteiger partial charge in [0.25, 0.3) is 0 Å². The molecule has 0 bridgehead atoms. The molecule has 0 aliphatic carbocycles. The summed E-state index contributed by atoms with van der Waals surface area (Å²) in [7, 11) is -3.30. The Morgan fingerprint density at radius 1 is 1.13 bits per heavy atom. The van der Waals surface area contributed by atoms with Gasteiger partial charge in [0.05, 0.1) is 27.2 Å². The number of sulfone groups is 1. The van der Waals surface area contributed by atoms with Crippen LogP contribution in [0, 0.1) is 0 Å². The molecule has 0 heterocycles. The second-order valence-electron chi connectivity index (χ2n) is 4.80. The Kier molecular flexibility index (Phi) is 5.51. The standard InChI is InChI=1S/C15H14Cl2N2O3S/c1-23(21,22)11-5-2-4-10(8-11)18-9-14(20)19-13-7-3-6-12(16)15(13)17/h2-8,18H,9H2,1H3,(H,19,20). The van der Waals surface area contributed by atoms with Crippen LogP contribution < -0.4 is 10.6 Å². The molecule has 0 aromatic heterocycles. The molecule has 8 heteroatoms. The van der Waals surface area contributed by atoms with Crippen LogP contribution in [0.3, 0.4) is 0 Å². The van der Waals surface area contributed by atoms with Crippen molar-refractivity contribution in [2.75, 3.05) is 23.4 Å². The van der Waals surface area contributed by atoms with E-state index in [1.807, 2.05) is 0 Å². The zero-order valence-electron chi connectivity index (χ0n) is 12.1. The van der Waals surface area contributed by atoms with Crippen LogP contribution >= 0.6 is 23.2 Å². The van der Waals surface area contributed by atoms with Crippen molar-refractivity contribution in [3.63, 3.8) is 0 Å². The highest BCUT2D eigenvalue weighted by Crippen LogP contribution is 2.29. The molecule has 0 radical (unpaired) electrons. The van der Waals surface area contributed by atoms with E-state index >= 15 is 0 Å². The van der Waals surface area contributed by atoms with E-state index in [2.05, 4.69) is 10.6 Å². The van der Waals surface area contributed by atoms with Crippen molar-refractivity contribution in [2.45, 2.75) is 4.90 Å². The van der Waals surface area contributed by atoms with Gasteiger partial charge in [-0.05, 0) is 30.3 Å². The van der Waals surface area contributed by atoms with Gasteiger partial charge in [0.2, 0.25) is 5.91 Å². The van der Waals surface area contributed by atoms with E-state index in [0.717, 1.165) is 6.26 Å². The molecule has 0 aliphatic heterocycles. The topological polar surface area (TPSA) is 75.3 Å². The number of hydrogen-bond donors (Lipinski definition) is 2. The first-order valence-corrected chi connectivity index (χ1v) is 9.20. The van der Waals surface area contributed by atoms with Gasteiger partial charge in [-0.25, -0.2) is 8.42 Å². The second-order valence-corrected chi connectivity index (χ2v) is 7.60. The average Bonchev–Trinajstić information content (AvgIpc) is 2.49. The van der Waals surface area contributed by atoms with Gasteiger partial charge >= 0.3 is 0 Å². The van der Waals surface area contributed by atoms with Crippen LogP contribution in [-0.4, -0.2) is 27.1 Å². The van der Waals surface area contributed by atoms with E-state index in [9.17, 15) is 13.2 Å².